The lowest BCUT2D eigenvalue weighted by atomic mass is 9.48. The summed E-state index contributed by atoms with van der Waals surface area (Å²) in [6.45, 7) is 5.74. The molecule has 1 aromatic heterocycles. The maximum absolute atomic E-state index is 3.88. The van der Waals surface area contributed by atoms with Gasteiger partial charge in [0.1, 0.15) is 0 Å². The molecule has 1 heterocycles. The lowest BCUT2D eigenvalue weighted by Gasteiger charge is -2.59. The maximum Gasteiger partial charge on any atom is 0.0302 e. The Bertz CT molecular complexity index is 454. The van der Waals surface area contributed by atoms with E-state index in [9.17, 15) is 0 Å². The highest BCUT2D eigenvalue weighted by molar-refractivity contribution is 7.11. The normalized spacial score (nSPS) is 40.2. The monoisotopic (exact) mass is 289 g/mol. The van der Waals surface area contributed by atoms with Crippen LogP contribution in [0.25, 0.3) is 0 Å². The van der Waals surface area contributed by atoms with Crippen LogP contribution in [-0.2, 0) is 6.54 Å². The van der Waals surface area contributed by atoms with E-state index >= 15 is 0 Å². The van der Waals surface area contributed by atoms with Gasteiger partial charge in [0.2, 0.25) is 0 Å². The SMILES string of the molecule is Cc1ccc(CNC(C)C23CC4CC(CC(C4)C2)C3)s1. The molecule has 4 saturated carbocycles. The van der Waals surface area contributed by atoms with E-state index in [0.29, 0.717) is 11.5 Å². The topological polar surface area (TPSA) is 12.0 Å². The van der Waals surface area contributed by atoms with Gasteiger partial charge in [-0.2, -0.15) is 0 Å². The second-order valence-electron chi connectivity index (χ2n) is 7.89. The van der Waals surface area contributed by atoms with Crippen molar-refractivity contribution in [3.05, 3.63) is 21.9 Å². The number of thiophene rings is 1. The fourth-order valence-electron chi connectivity index (χ4n) is 5.76. The molecule has 20 heavy (non-hydrogen) atoms. The molecule has 1 unspecified atom stereocenters. The number of aryl methyl sites for hydroxylation is 1. The summed E-state index contributed by atoms with van der Waals surface area (Å²) >= 11 is 1.94. The summed E-state index contributed by atoms with van der Waals surface area (Å²) in [4.78, 5) is 2.93. The van der Waals surface area contributed by atoms with Crippen molar-refractivity contribution in [3.63, 3.8) is 0 Å². The Morgan fingerprint density at radius 3 is 2.25 bits per heavy atom. The van der Waals surface area contributed by atoms with Crippen LogP contribution in [0.1, 0.15) is 55.2 Å². The molecular formula is C18H27NS. The minimum absolute atomic E-state index is 0.640. The van der Waals surface area contributed by atoms with Gasteiger partial charge in [-0.25, -0.2) is 0 Å². The Morgan fingerprint density at radius 1 is 1.15 bits per heavy atom. The minimum atomic E-state index is 0.640. The molecule has 0 radical (unpaired) electrons. The first kappa shape index (κ1) is 13.3. The molecule has 110 valence electrons. The first-order valence-corrected chi connectivity index (χ1v) is 9.23. The van der Waals surface area contributed by atoms with Gasteiger partial charge in [0, 0.05) is 22.3 Å². The highest BCUT2D eigenvalue weighted by Gasteiger charge is 2.52. The third-order valence-corrected chi connectivity index (χ3v) is 7.38. The van der Waals surface area contributed by atoms with Crippen LogP contribution in [0.4, 0.5) is 0 Å². The van der Waals surface area contributed by atoms with Gasteiger partial charge in [0.05, 0.1) is 0 Å². The molecule has 1 N–H and O–H groups in total. The van der Waals surface area contributed by atoms with Gasteiger partial charge in [0.25, 0.3) is 0 Å². The zero-order chi connectivity index (χ0) is 13.7. The summed E-state index contributed by atoms with van der Waals surface area (Å²) in [7, 11) is 0. The summed E-state index contributed by atoms with van der Waals surface area (Å²) in [5, 5.41) is 3.88. The van der Waals surface area contributed by atoms with Crippen molar-refractivity contribution in [2.45, 2.75) is 65.0 Å². The van der Waals surface area contributed by atoms with E-state index in [2.05, 4.69) is 31.3 Å². The van der Waals surface area contributed by atoms with E-state index in [1.165, 1.54) is 29.0 Å². The molecule has 1 aromatic rings. The molecule has 5 rings (SSSR count). The standard InChI is InChI=1S/C18H27NS/c1-12-3-4-17(20-12)11-19-13(2)18-8-14-5-15(9-18)7-16(6-14)10-18/h3-4,13-16,19H,5-11H2,1-2H3. The Hall–Kier alpha value is -0.340. The molecule has 4 fully saturated rings. The molecule has 0 aliphatic heterocycles. The summed E-state index contributed by atoms with van der Waals surface area (Å²) < 4.78 is 0. The Labute approximate surface area is 127 Å². The van der Waals surface area contributed by atoms with Crippen LogP contribution in [0.15, 0.2) is 12.1 Å². The van der Waals surface area contributed by atoms with E-state index in [4.69, 9.17) is 0 Å². The molecule has 0 aromatic carbocycles. The fraction of sp³-hybridized carbons (Fsp3) is 0.778. The van der Waals surface area contributed by atoms with E-state index < -0.39 is 0 Å². The first-order chi connectivity index (χ1) is 9.63. The molecular weight excluding hydrogens is 262 g/mol. The molecule has 1 atom stereocenters. The highest BCUT2D eigenvalue weighted by atomic mass is 32.1. The van der Waals surface area contributed by atoms with Crippen molar-refractivity contribution in [1.29, 1.82) is 0 Å². The molecule has 0 saturated heterocycles. The van der Waals surface area contributed by atoms with Crippen molar-refractivity contribution >= 4 is 11.3 Å². The van der Waals surface area contributed by atoms with E-state index in [-0.39, 0.29) is 0 Å². The lowest BCUT2D eigenvalue weighted by Crippen LogP contribution is -2.54. The Balaban J connectivity index is 1.44. The van der Waals surface area contributed by atoms with Crippen LogP contribution in [0.5, 0.6) is 0 Å². The van der Waals surface area contributed by atoms with Crippen LogP contribution in [-0.4, -0.2) is 6.04 Å². The minimum Gasteiger partial charge on any atom is -0.309 e. The largest absolute Gasteiger partial charge is 0.309 e. The van der Waals surface area contributed by atoms with Gasteiger partial charge in [-0.05, 0) is 87.7 Å². The molecule has 4 bridgehead atoms. The fourth-order valence-corrected chi connectivity index (χ4v) is 6.60. The lowest BCUT2D eigenvalue weighted by molar-refractivity contribution is -0.0706. The van der Waals surface area contributed by atoms with Crippen LogP contribution in [0.3, 0.4) is 0 Å². The number of hydrogen-bond acceptors (Lipinski definition) is 2. The quantitative estimate of drug-likeness (QED) is 0.843. The van der Waals surface area contributed by atoms with E-state index in [1.807, 2.05) is 11.3 Å². The van der Waals surface area contributed by atoms with Gasteiger partial charge in [0.15, 0.2) is 0 Å². The van der Waals surface area contributed by atoms with Crippen molar-refractivity contribution in [1.82, 2.24) is 5.32 Å². The van der Waals surface area contributed by atoms with Crippen LogP contribution < -0.4 is 5.32 Å². The van der Waals surface area contributed by atoms with Crippen LogP contribution in [0.2, 0.25) is 0 Å². The molecule has 0 amide bonds. The summed E-state index contributed by atoms with van der Waals surface area (Å²) in [5.41, 5.74) is 0.640. The van der Waals surface area contributed by atoms with Gasteiger partial charge < -0.3 is 5.32 Å². The number of rotatable bonds is 4. The van der Waals surface area contributed by atoms with E-state index in [1.54, 1.807) is 19.3 Å². The predicted octanol–water partition coefficient (Wildman–Crippen LogP) is 4.75. The molecule has 1 nitrogen and oxygen atoms in total. The van der Waals surface area contributed by atoms with Crippen molar-refractivity contribution < 1.29 is 0 Å². The second-order valence-corrected chi connectivity index (χ2v) is 9.27. The van der Waals surface area contributed by atoms with E-state index in [0.717, 1.165) is 24.3 Å². The molecule has 0 spiro atoms. The average Bonchev–Trinajstić information content (AvgIpc) is 2.80. The third-order valence-electron chi connectivity index (χ3n) is 6.38. The third kappa shape index (κ3) is 2.25. The molecule has 4 aliphatic carbocycles. The Morgan fingerprint density at radius 2 is 1.75 bits per heavy atom. The highest BCUT2D eigenvalue weighted by Crippen LogP contribution is 2.61. The van der Waals surface area contributed by atoms with Gasteiger partial charge in [-0.3, -0.25) is 0 Å². The summed E-state index contributed by atoms with van der Waals surface area (Å²) in [5.74, 6) is 3.19. The predicted molar refractivity (Wildman–Crippen MR) is 86.0 cm³/mol. The molecule has 2 heteroatoms. The van der Waals surface area contributed by atoms with Crippen molar-refractivity contribution in [3.8, 4) is 0 Å². The molecule has 4 aliphatic rings. The van der Waals surface area contributed by atoms with Gasteiger partial charge in [-0.1, -0.05) is 0 Å². The zero-order valence-corrected chi connectivity index (χ0v) is 13.6. The smallest absolute Gasteiger partial charge is 0.0302 e. The number of nitrogens with one attached hydrogen (secondary N) is 1. The van der Waals surface area contributed by atoms with Crippen LogP contribution >= 0.6 is 11.3 Å². The summed E-state index contributed by atoms with van der Waals surface area (Å²) in [6.07, 6.45) is 9.19. The zero-order valence-electron chi connectivity index (χ0n) is 12.8. The van der Waals surface area contributed by atoms with Crippen molar-refractivity contribution in [2.75, 3.05) is 0 Å². The number of hydrogen-bond donors (Lipinski definition) is 1. The van der Waals surface area contributed by atoms with Gasteiger partial charge in [-0.15, -0.1) is 11.3 Å². The van der Waals surface area contributed by atoms with Gasteiger partial charge >= 0.3 is 0 Å². The average molecular weight is 289 g/mol. The second kappa shape index (κ2) is 4.84. The first-order valence-electron chi connectivity index (χ1n) is 8.42. The van der Waals surface area contributed by atoms with Crippen LogP contribution in [0, 0.1) is 30.1 Å². The van der Waals surface area contributed by atoms with Crippen molar-refractivity contribution in [2.24, 2.45) is 23.2 Å². The maximum atomic E-state index is 3.88. The summed E-state index contributed by atoms with van der Waals surface area (Å²) in [6, 6.07) is 5.23. The Kier molecular flexibility index (Phi) is 3.23.